The number of halogens is 2. The minimum Gasteiger partial charge on any atom is -0.395 e. The molecule has 0 heterocycles. The Morgan fingerprint density at radius 2 is 2.25 bits per heavy atom. The highest BCUT2D eigenvalue weighted by Crippen LogP contribution is 2.26. The van der Waals surface area contributed by atoms with E-state index in [0.29, 0.717) is 10.0 Å². The van der Waals surface area contributed by atoms with Gasteiger partial charge >= 0.3 is 0 Å². The topological polar surface area (TPSA) is 49.8 Å². The fraction of sp³-hybridized carbons (Fsp3) is 0.125. The molecule has 1 rings (SSSR count). The Morgan fingerprint density at radius 3 is 2.83 bits per heavy atom. The Kier molecular flexibility index (Phi) is 2.66. The first-order valence-electron chi connectivity index (χ1n) is 3.26. The molecule has 0 radical (unpaired) electrons. The van der Waals surface area contributed by atoms with Crippen LogP contribution in [0, 0.1) is 17.1 Å². The zero-order valence-electron chi connectivity index (χ0n) is 6.14. The predicted molar refractivity (Wildman–Crippen MR) is 47.8 cm³/mol. The molecular formula is C8H6BrFN2. The molecule has 0 atom stereocenters. The number of benzene rings is 1. The van der Waals surface area contributed by atoms with Gasteiger partial charge in [-0.05, 0) is 27.6 Å². The van der Waals surface area contributed by atoms with Crippen LogP contribution in [0.5, 0.6) is 0 Å². The Balaban J connectivity index is 3.19. The normalized spacial score (nSPS) is 9.42. The van der Waals surface area contributed by atoms with Gasteiger partial charge in [0, 0.05) is 4.47 Å². The minimum atomic E-state index is -0.469. The molecule has 0 aliphatic heterocycles. The molecule has 0 saturated heterocycles. The predicted octanol–water partition coefficient (Wildman–Crippen LogP) is 2.24. The van der Waals surface area contributed by atoms with E-state index in [0.717, 1.165) is 0 Å². The summed E-state index contributed by atoms with van der Waals surface area (Å²) in [5.74, 6) is -0.469. The molecule has 2 nitrogen and oxygen atoms in total. The second-order valence-electron chi connectivity index (χ2n) is 2.27. The number of hydrogen-bond donors (Lipinski definition) is 1. The molecule has 62 valence electrons. The van der Waals surface area contributed by atoms with Crippen LogP contribution in [0.4, 0.5) is 10.1 Å². The Hall–Kier alpha value is -1.08. The molecule has 0 aromatic heterocycles. The van der Waals surface area contributed by atoms with Crippen molar-refractivity contribution in [3.63, 3.8) is 0 Å². The number of hydrogen-bond acceptors (Lipinski definition) is 2. The maximum absolute atomic E-state index is 12.8. The van der Waals surface area contributed by atoms with E-state index >= 15 is 0 Å². The van der Waals surface area contributed by atoms with Gasteiger partial charge in [-0.3, -0.25) is 0 Å². The molecule has 1 aromatic carbocycles. The monoisotopic (exact) mass is 228 g/mol. The molecule has 4 heteroatoms. The second kappa shape index (κ2) is 3.55. The van der Waals surface area contributed by atoms with Crippen molar-refractivity contribution in [2.45, 2.75) is 6.42 Å². The summed E-state index contributed by atoms with van der Waals surface area (Å²) < 4.78 is 13.2. The highest BCUT2D eigenvalue weighted by Gasteiger charge is 2.06. The standard InChI is InChI=1S/C8H6BrFN2/c9-7-5(3-4-11)1-2-6(10)8(7)12/h1-2H,3,12H2. The van der Waals surface area contributed by atoms with Gasteiger partial charge in [0.1, 0.15) is 5.82 Å². The molecule has 12 heavy (non-hydrogen) atoms. The van der Waals surface area contributed by atoms with Gasteiger partial charge < -0.3 is 5.73 Å². The Labute approximate surface area is 77.9 Å². The van der Waals surface area contributed by atoms with Gasteiger partial charge in [0.25, 0.3) is 0 Å². The maximum Gasteiger partial charge on any atom is 0.147 e. The molecule has 0 aliphatic rings. The highest BCUT2D eigenvalue weighted by molar-refractivity contribution is 9.10. The summed E-state index contributed by atoms with van der Waals surface area (Å²) in [5.41, 5.74) is 6.14. The molecule has 0 amide bonds. The lowest BCUT2D eigenvalue weighted by atomic mass is 10.1. The summed E-state index contributed by atoms with van der Waals surface area (Å²) in [6, 6.07) is 4.76. The zero-order valence-corrected chi connectivity index (χ0v) is 7.73. The first-order chi connectivity index (χ1) is 5.66. The van der Waals surface area contributed by atoms with Crippen molar-refractivity contribution in [2.75, 3.05) is 5.73 Å². The first-order valence-corrected chi connectivity index (χ1v) is 4.05. The van der Waals surface area contributed by atoms with E-state index in [9.17, 15) is 4.39 Å². The quantitative estimate of drug-likeness (QED) is 0.750. The van der Waals surface area contributed by atoms with E-state index in [1.54, 1.807) is 6.07 Å². The molecule has 0 saturated carbocycles. The highest BCUT2D eigenvalue weighted by atomic mass is 79.9. The molecule has 0 spiro atoms. The summed E-state index contributed by atoms with van der Waals surface area (Å²) in [4.78, 5) is 0. The number of nitrogen functional groups attached to an aromatic ring is 1. The SMILES string of the molecule is N#CCc1ccc(F)c(N)c1Br. The van der Waals surface area contributed by atoms with Crippen LogP contribution in [0.1, 0.15) is 5.56 Å². The lowest BCUT2D eigenvalue weighted by molar-refractivity contribution is 0.631. The molecule has 0 fully saturated rings. The van der Waals surface area contributed by atoms with Gasteiger partial charge in [-0.25, -0.2) is 4.39 Å². The zero-order chi connectivity index (χ0) is 9.14. The van der Waals surface area contributed by atoms with Crippen molar-refractivity contribution in [1.82, 2.24) is 0 Å². The lowest BCUT2D eigenvalue weighted by Crippen LogP contribution is -1.95. The summed E-state index contributed by atoms with van der Waals surface area (Å²) in [5, 5.41) is 8.40. The van der Waals surface area contributed by atoms with Crippen molar-refractivity contribution in [2.24, 2.45) is 0 Å². The smallest absolute Gasteiger partial charge is 0.147 e. The van der Waals surface area contributed by atoms with Crippen molar-refractivity contribution in [3.8, 4) is 6.07 Å². The van der Waals surface area contributed by atoms with Crippen LogP contribution in [0.15, 0.2) is 16.6 Å². The van der Waals surface area contributed by atoms with E-state index in [1.165, 1.54) is 6.07 Å². The van der Waals surface area contributed by atoms with E-state index in [2.05, 4.69) is 15.9 Å². The minimum absolute atomic E-state index is 0.0581. The maximum atomic E-state index is 12.8. The molecular weight excluding hydrogens is 223 g/mol. The number of rotatable bonds is 1. The average Bonchev–Trinajstić information content (AvgIpc) is 2.07. The average molecular weight is 229 g/mol. The fourth-order valence-electron chi connectivity index (χ4n) is 0.836. The van der Waals surface area contributed by atoms with E-state index in [-0.39, 0.29) is 12.1 Å². The summed E-state index contributed by atoms with van der Waals surface area (Å²) in [6.07, 6.45) is 0.227. The van der Waals surface area contributed by atoms with Crippen LogP contribution in [0.25, 0.3) is 0 Å². The molecule has 1 aromatic rings. The van der Waals surface area contributed by atoms with Crippen LogP contribution in [-0.4, -0.2) is 0 Å². The van der Waals surface area contributed by atoms with Crippen molar-refractivity contribution < 1.29 is 4.39 Å². The number of anilines is 1. The summed E-state index contributed by atoms with van der Waals surface area (Å²) >= 11 is 3.12. The number of nitrogens with zero attached hydrogens (tertiary/aromatic N) is 1. The van der Waals surface area contributed by atoms with Gasteiger partial charge in [0.2, 0.25) is 0 Å². The second-order valence-corrected chi connectivity index (χ2v) is 3.06. The first kappa shape index (κ1) is 9.01. The van der Waals surface area contributed by atoms with Crippen molar-refractivity contribution in [3.05, 3.63) is 28.0 Å². The van der Waals surface area contributed by atoms with Gasteiger partial charge in [0.15, 0.2) is 0 Å². The molecule has 0 unspecified atom stereocenters. The third-order valence-electron chi connectivity index (χ3n) is 1.48. The Morgan fingerprint density at radius 1 is 1.58 bits per heavy atom. The van der Waals surface area contributed by atoms with Crippen molar-refractivity contribution >= 4 is 21.6 Å². The van der Waals surface area contributed by atoms with Gasteiger partial charge in [-0.2, -0.15) is 5.26 Å². The van der Waals surface area contributed by atoms with Crippen LogP contribution < -0.4 is 5.73 Å². The van der Waals surface area contributed by atoms with Crippen LogP contribution >= 0.6 is 15.9 Å². The van der Waals surface area contributed by atoms with Gasteiger partial charge in [0.05, 0.1) is 18.2 Å². The molecule has 2 N–H and O–H groups in total. The fourth-order valence-corrected chi connectivity index (χ4v) is 1.30. The van der Waals surface area contributed by atoms with E-state index < -0.39 is 5.82 Å². The van der Waals surface area contributed by atoms with Crippen LogP contribution in [-0.2, 0) is 6.42 Å². The van der Waals surface area contributed by atoms with Crippen LogP contribution in [0.3, 0.4) is 0 Å². The molecule has 0 bridgehead atoms. The summed E-state index contributed by atoms with van der Waals surface area (Å²) in [6.45, 7) is 0. The van der Waals surface area contributed by atoms with Gasteiger partial charge in [-0.1, -0.05) is 6.07 Å². The van der Waals surface area contributed by atoms with E-state index in [4.69, 9.17) is 11.0 Å². The Bertz CT molecular complexity index is 344. The number of nitrogens with two attached hydrogens (primary N) is 1. The molecule has 0 aliphatic carbocycles. The lowest BCUT2D eigenvalue weighted by Gasteiger charge is -2.03. The summed E-state index contributed by atoms with van der Waals surface area (Å²) in [7, 11) is 0. The largest absolute Gasteiger partial charge is 0.395 e. The van der Waals surface area contributed by atoms with E-state index in [1.807, 2.05) is 6.07 Å². The third kappa shape index (κ3) is 1.56. The van der Waals surface area contributed by atoms with Gasteiger partial charge in [-0.15, -0.1) is 0 Å². The third-order valence-corrected chi connectivity index (χ3v) is 2.41. The van der Waals surface area contributed by atoms with Crippen molar-refractivity contribution in [1.29, 1.82) is 5.26 Å². The van der Waals surface area contributed by atoms with Crippen LogP contribution in [0.2, 0.25) is 0 Å². The number of nitriles is 1.